The summed E-state index contributed by atoms with van der Waals surface area (Å²) in [6, 6.07) is 23.4. The van der Waals surface area contributed by atoms with E-state index in [1.807, 2.05) is 91.4 Å². The fourth-order valence-electron chi connectivity index (χ4n) is 5.21. The highest BCUT2D eigenvalue weighted by Crippen LogP contribution is 2.26. The Kier molecular flexibility index (Phi) is 9.24. The van der Waals surface area contributed by atoms with Gasteiger partial charge in [0.2, 0.25) is 0 Å². The molecular formula is C33H30Cl3N7. The molecule has 0 saturated carbocycles. The van der Waals surface area contributed by atoms with Gasteiger partial charge in [-0.3, -0.25) is 19.9 Å². The molecule has 0 aliphatic heterocycles. The Morgan fingerprint density at radius 3 is 1.12 bits per heavy atom. The molecule has 0 bridgehead atoms. The van der Waals surface area contributed by atoms with Crippen molar-refractivity contribution in [1.29, 1.82) is 0 Å². The lowest BCUT2D eigenvalue weighted by Gasteiger charge is -2.24. The maximum Gasteiger partial charge on any atom is 0.0737 e. The van der Waals surface area contributed by atoms with Crippen molar-refractivity contribution < 1.29 is 0 Å². The summed E-state index contributed by atoms with van der Waals surface area (Å²) in [6.07, 6.45) is 5.43. The van der Waals surface area contributed by atoms with Gasteiger partial charge in [-0.25, -0.2) is 0 Å². The van der Waals surface area contributed by atoms with Crippen LogP contribution in [0.2, 0.25) is 15.1 Å². The van der Waals surface area contributed by atoms with Crippen molar-refractivity contribution in [2.75, 3.05) is 55.2 Å². The number of rotatable bonds is 12. The highest BCUT2D eigenvalue weighted by atomic mass is 35.5. The molecule has 3 aromatic carbocycles. The zero-order valence-electron chi connectivity index (χ0n) is 23.3. The van der Waals surface area contributed by atoms with Crippen molar-refractivity contribution in [3.05, 3.63) is 106 Å². The van der Waals surface area contributed by atoms with Gasteiger partial charge in [0, 0.05) is 106 Å². The zero-order valence-corrected chi connectivity index (χ0v) is 25.6. The number of nitrogens with zero attached hydrogens (tertiary/aromatic N) is 4. The fraction of sp³-hybridized carbons (Fsp3) is 0.182. The van der Waals surface area contributed by atoms with Gasteiger partial charge in [-0.15, -0.1) is 0 Å². The predicted molar refractivity (Wildman–Crippen MR) is 182 cm³/mol. The van der Waals surface area contributed by atoms with E-state index in [1.54, 1.807) is 0 Å². The average Bonchev–Trinajstić information content (AvgIpc) is 3.00. The quantitative estimate of drug-likeness (QED) is 0.126. The standard InChI is InChI=1S/C33H30Cl3N7/c34-22-1-4-25-28(7-10-37-31(25)19-22)40-13-16-43(17-14-41-29-8-11-38-32-20-23(35)2-5-26(29)32)18-15-42-30-9-12-39-33-21-24(36)3-6-27(30)33/h1-12,19-21H,13-18H2,(H,37,40)(H,38,41)(H,39,42). The summed E-state index contributed by atoms with van der Waals surface area (Å²) in [6.45, 7) is 4.86. The number of pyridine rings is 3. The van der Waals surface area contributed by atoms with Crippen LogP contribution in [0.25, 0.3) is 32.7 Å². The Balaban J connectivity index is 1.12. The van der Waals surface area contributed by atoms with Crippen molar-refractivity contribution in [2.24, 2.45) is 0 Å². The molecule has 0 fully saturated rings. The Morgan fingerprint density at radius 1 is 0.465 bits per heavy atom. The van der Waals surface area contributed by atoms with Crippen molar-refractivity contribution in [3.63, 3.8) is 0 Å². The number of aromatic nitrogens is 3. The first-order chi connectivity index (χ1) is 21.0. The molecular weight excluding hydrogens is 601 g/mol. The Morgan fingerprint density at radius 2 is 0.791 bits per heavy atom. The highest BCUT2D eigenvalue weighted by Gasteiger charge is 2.09. The van der Waals surface area contributed by atoms with Gasteiger partial charge in [0.25, 0.3) is 0 Å². The number of hydrogen-bond donors (Lipinski definition) is 3. The molecule has 43 heavy (non-hydrogen) atoms. The summed E-state index contributed by atoms with van der Waals surface area (Å²) in [4.78, 5) is 15.8. The molecule has 3 heterocycles. The summed E-state index contributed by atoms with van der Waals surface area (Å²) in [5.41, 5.74) is 5.75. The predicted octanol–water partition coefficient (Wildman–Crippen LogP) is 8.23. The van der Waals surface area contributed by atoms with E-state index in [2.05, 4.69) is 35.8 Å². The molecule has 0 saturated heterocycles. The Bertz CT molecular complexity index is 1660. The van der Waals surface area contributed by atoms with Crippen LogP contribution in [0.15, 0.2) is 91.4 Å². The fourth-order valence-corrected chi connectivity index (χ4v) is 5.71. The van der Waals surface area contributed by atoms with E-state index in [1.165, 1.54) is 0 Å². The van der Waals surface area contributed by atoms with Gasteiger partial charge in [-0.05, 0) is 72.8 Å². The van der Waals surface area contributed by atoms with E-state index in [0.717, 1.165) is 89.0 Å². The molecule has 0 radical (unpaired) electrons. The van der Waals surface area contributed by atoms with E-state index in [-0.39, 0.29) is 0 Å². The minimum absolute atomic E-state index is 0.679. The number of hydrogen-bond acceptors (Lipinski definition) is 7. The Hall–Kier alpha value is -3.88. The molecule has 0 aliphatic rings. The maximum absolute atomic E-state index is 6.18. The molecule has 6 rings (SSSR count). The smallest absolute Gasteiger partial charge is 0.0737 e. The van der Waals surface area contributed by atoms with Crippen LogP contribution in [0.3, 0.4) is 0 Å². The molecule has 6 aromatic rings. The van der Waals surface area contributed by atoms with Crippen LogP contribution in [-0.4, -0.2) is 59.1 Å². The minimum Gasteiger partial charge on any atom is -0.383 e. The van der Waals surface area contributed by atoms with Crippen LogP contribution in [0.5, 0.6) is 0 Å². The van der Waals surface area contributed by atoms with E-state index >= 15 is 0 Å². The molecule has 7 nitrogen and oxygen atoms in total. The van der Waals surface area contributed by atoms with Gasteiger partial charge in [0.15, 0.2) is 0 Å². The topological polar surface area (TPSA) is 78.0 Å². The Labute approximate surface area is 265 Å². The van der Waals surface area contributed by atoms with E-state index in [4.69, 9.17) is 34.8 Å². The van der Waals surface area contributed by atoms with E-state index < -0.39 is 0 Å². The number of halogens is 3. The largest absolute Gasteiger partial charge is 0.383 e. The summed E-state index contributed by atoms with van der Waals surface area (Å²) >= 11 is 18.5. The van der Waals surface area contributed by atoms with E-state index in [9.17, 15) is 0 Å². The van der Waals surface area contributed by atoms with Gasteiger partial charge in [0.05, 0.1) is 16.6 Å². The third-order valence-electron chi connectivity index (χ3n) is 7.34. The van der Waals surface area contributed by atoms with Gasteiger partial charge >= 0.3 is 0 Å². The lowest BCUT2D eigenvalue weighted by molar-refractivity contribution is 0.306. The summed E-state index contributed by atoms with van der Waals surface area (Å²) in [5, 5.41) is 16.0. The van der Waals surface area contributed by atoms with Crippen molar-refractivity contribution in [1.82, 2.24) is 19.9 Å². The zero-order chi connectivity index (χ0) is 29.6. The molecule has 3 aromatic heterocycles. The number of fused-ring (bicyclic) bond motifs is 3. The highest BCUT2D eigenvalue weighted by molar-refractivity contribution is 6.32. The van der Waals surface area contributed by atoms with Crippen LogP contribution in [-0.2, 0) is 0 Å². The molecule has 3 N–H and O–H groups in total. The third kappa shape index (κ3) is 7.20. The summed E-state index contributed by atoms with van der Waals surface area (Å²) in [7, 11) is 0. The third-order valence-corrected chi connectivity index (χ3v) is 8.05. The molecule has 0 amide bonds. The maximum atomic E-state index is 6.18. The van der Waals surface area contributed by atoms with Crippen molar-refractivity contribution in [2.45, 2.75) is 0 Å². The number of nitrogens with one attached hydrogen (secondary N) is 3. The van der Waals surface area contributed by atoms with Crippen molar-refractivity contribution in [3.8, 4) is 0 Å². The second kappa shape index (κ2) is 13.6. The van der Waals surface area contributed by atoms with Crippen LogP contribution < -0.4 is 16.0 Å². The second-order valence-electron chi connectivity index (χ2n) is 10.2. The second-order valence-corrected chi connectivity index (χ2v) is 11.5. The normalized spacial score (nSPS) is 11.4. The molecule has 0 aliphatic carbocycles. The van der Waals surface area contributed by atoms with Gasteiger partial charge in [-0.2, -0.15) is 0 Å². The molecule has 0 spiro atoms. The van der Waals surface area contributed by atoms with Crippen LogP contribution in [0.1, 0.15) is 0 Å². The summed E-state index contributed by atoms with van der Waals surface area (Å²) in [5.74, 6) is 0. The number of anilines is 3. The average molecular weight is 631 g/mol. The summed E-state index contributed by atoms with van der Waals surface area (Å²) < 4.78 is 0. The van der Waals surface area contributed by atoms with Crippen LogP contribution >= 0.6 is 34.8 Å². The SMILES string of the molecule is Clc1ccc2c(NCCN(CCNc3ccnc4cc(Cl)ccc34)CCNc3ccnc4cc(Cl)ccc34)ccnc2c1. The van der Waals surface area contributed by atoms with Gasteiger partial charge in [0.1, 0.15) is 0 Å². The van der Waals surface area contributed by atoms with E-state index in [0.29, 0.717) is 15.1 Å². The first-order valence-corrected chi connectivity index (χ1v) is 15.2. The molecule has 218 valence electrons. The first-order valence-electron chi connectivity index (χ1n) is 14.1. The van der Waals surface area contributed by atoms with Crippen LogP contribution in [0, 0.1) is 0 Å². The minimum atomic E-state index is 0.679. The number of benzene rings is 3. The lowest BCUT2D eigenvalue weighted by Crippen LogP contribution is -2.36. The van der Waals surface area contributed by atoms with Crippen molar-refractivity contribution >= 4 is 84.6 Å². The first kappa shape index (κ1) is 29.2. The van der Waals surface area contributed by atoms with Gasteiger partial charge < -0.3 is 16.0 Å². The molecule has 0 atom stereocenters. The van der Waals surface area contributed by atoms with Crippen LogP contribution in [0.4, 0.5) is 17.1 Å². The molecule has 10 heteroatoms. The molecule has 0 unspecified atom stereocenters. The van der Waals surface area contributed by atoms with Gasteiger partial charge in [-0.1, -0.05) is 34.8 Å². The monoisotopic (exact) mass is 629 g/mol. The lowest BCUT2D eigenvalue weighted by atomic mass is 10.2.